The summed E-state index contributed by atoms with van der Waals surface area (Å²) >= 11 is 0. The Balaban J connectivity index is 2.46. The maximum Gasteiger partial charge on any atom is 0.418 e. The Morgan fingerprint density at radius 2 is 1.94 bits per heavy atom. The molecule has 0 saturated heterocycles. The molecule has 0 saturated carbocycles. The van der Waals surface area contributed by atoms with E-state index in [1.54, 1.807) is 0 Å². The van der Waals surface area contributed by atoms with Gasteiger partial charge in [0.15, 0.2) is 0 Å². The summed E-state index contributed by atoms with van der Waals surface area (Å²) in [4.78, 5) is 2.06. The van der Waals surface area contributed by atoms with Crippen LogP contribution in [0.15, 0.2) is 12.1 Å². The normalized spacial score (nSPS) is 17.2. The molecule has 1 aromatic carbocycles. The molecule has 0 bridgehead atoms. The molecule has 16 heavy (non-hydrogen) atoms. The predicted molar refractivity (Wildman–Crippen MR) is 55.9 cm³/mol. The van der Waals surface area contributed by atoms with Gasteiger partial charge in [-0.1, -0.05) is 0 Å². The SMILES string of the molecule is CN1CCc2cc(C(F)(F)F)c(N)cc2C1. The van der Waals surface area contributed by atoms with Gasteiger partial charge >= 0.3 is 6.18 Å². The van der Waals surface area contributed by atoms with Crippen molar-refractivity contribution in [2.24, 2.45) is 0 Å². The van der Waals surface area contributed by atoms with Crippen LogP contribution in [0, 0.1) is 0 Å². The number of alkyl halides is 3. The number of nitrogen functional groups attached to an aromatic ring is 1. The van der Waals surface area contributed by atoms with Gasteiger partial charge < -0.3 is 10.6 Å². The minimum atomic E-state index is -4.36. The summed E-state index contributed by atoms with van der Waals surface area (Å²) in [6, 6.07) is 2.64. The van der Waals surface area contributed by atoms with E-state index in [9.17, 15) is 13.2 Å². The molecule has 1 heterocycles. The fourth-order valence-corrected chi connectivity index (χ4v) is 2.01. The highest BCUT2D eigenvalue weighted by atomic mass is 19.4. The number of hydrogen-bond donors (Lipinski definition) is 1. The van der Waals surface area contributed by atoms with Gasteiger partial charge in [0.25, 0.3) is 0 Å². The second-order valence-corrected chi connectivity index (χ2v) is 4.19. The Hall–Kier alpha value is -1.23. The van der Waals surface area contributed by atoms with E-state index in [-0.39, 0.29) is 5.69 Å². The lowest BCUT2D eigenvalue weighted by Gasteiger charge is -2.26. The third kappa shape index (κ3) is 2.00. The largest absolute Gasteiger partial charge is 0.418 e. The molecule has 2 rings (SSSR count). The van der Waals surface area contributed by atoms with E-state index >= 15 is 0 Å². The first-order chi connectivity index (χ1) is 7.38. The molecule has 1 aromatic rings. The standard InChI is InChI=1S/C11H13F3N2/c1-16-3-2-7-4-9(11(12,13)14)10(15)5-8(7)6-16/h4-5H,2-3,6,15H2,1H3. The third-order valence-electron chi connectivity index (χ3n) is 2.88. The molecule has 0 atom stereocenters. The van der Waals surface area contributed by atoms with Gasteiger partial charge in [0.2, 0.25) is 0 Å². The highest BCUT2D eigenvalue weighted by molar-refractivity contribution is 5.54. The summed E-state index contributed by atoms with van der Waals surface area (Å²) in [5, 5.41) is 0. The van der Waals surface area contributed by atoms with Crippen LogP contribution in [0.5, 0.6) is 0 Å². The number of nitrogens with two attached hydrogens (primary N) is 1. The first-order valence-electron chi connectivity index (χ1n) is 5.05. The van der Waals surface area contributed by atoms with Crippen molar-refractivity contribution in [2.75, 3.05) is 19.3 Å². The molecule has 0 aliphatic carbocycles. The van der Waals surface area contributed by atoms with Gasteiger partial charge in [-0.05, 0) is 36.7 Å². The van der Waals surface area contributed by atoms with Gasteiger partial charge in [-0.25, -0.2) is 0 Å². The predicted octanol–water partition coefficient (Wildman–Crippen LogP) is 2.28. The Labute approximate surface area is 91.8 Å². The minimum absolute atomic E-state index is 0.179. The summed E-state index contributed by atoms with van der Waals surface area (Å²) in [7, 11) is 1.94. The molecule has 1 aliphatic rings. The average Bonchev–Trinajstić information content (AvgIpc) is 2.14. The van der Waals surface area contributed by atoms with Gasteiger partial charge in [-0.2, -0.15) is 13.2 Å². The third-order valence-corrected chi connectivity index (χ3v) is 2.88. The molecular weight excluding hydrogens is 217 g/mol. The Morgan fingerprint density at radius 1 is 1.25 bits per heavy atom. The topological polar surface area (TPSA) is 29.3 Å². The molecule has 0 fully saturated rings. The van der Waals surface area contributed by atoms with Crippen molar-refractivity contribution < 1.29 is 13.2 Å². The minimum Gasteiger partial charge on any atom is -0.398 e. The molecular formula is C11H13F3N2. The van der Waals surface area contributed by atoms with Crippen LogP contribution in [-0.2, 0) is 19.1 Å². The lowest BCUT2D eigenvalue weighted by molar-refractivity contribution is -0.137. The zero-order valence-electron chi connectivity index (χ0n) is 8.93. The number of halogens is 3. The maximum atomic E-state index is 12.6. The van der Waals surface area contributed by atoms with Gasteiger partial charge in [0, 0.05) is 18.8 Å². The second-order valence-electron chi connectivity index (χ2n) is 4.19. The molecule has 2 N–H and O–H groups in total. The van der Waals surface area contributed by atoms with Gasteiger partial charge in [-0.15, -0.1) is 0 Å². The maximum absolute atomic E-state index is 12.6. The van der Waals surface area contributed by atoms with Crippen LogP contribution in [0.3, 0.4) is 0 Å². The fourth-order valence-electron chi connectivity index (χ4n) is 2.01. The number of benzene rings is 1. The lowest BCUT2D eigenvalue weighted by Crippen LogP contribution is -2.27. The van der Waals surface area contributed by atoms with Crippen molar-refractivity contribution in [3.8, 4) is 0 Å². The number of likely N-dealkylation sites (N-methyl/N-ethyl adjacent to an activating group) is 1. The summed E-state index contributed by atoms with van der Waals surface area (Å²) < 4.78 is 37.8. The molecule has 88 valence electrons. The van der Waals surface area contributed by atoms with E-state index < -0.39 is 11.7 Å². The number of hydrogen-bond acceptors (Lipinski definition) is 2. The summed E-state index contributed by atoms with van der Waals surface area (Å²) in [5.41, 5.74) is 6.21. The first kappa shape index (κ1) is 11.3. The van der Waals surface area contributed by atoms with Crippen LogP contribution in [0.4, 0.5) is 18.9 Å². The van der Waals surface area contributed by atoms with Crippen molar-refractivity contribution >= 4 is 5.69 Å². The lowest BCUT2D eigenvalue weighted by atomic mass is 9.96. The van der Waals surface area contributed by atoms with E-state index in [2.05, 4.69) is 4.90 Å². The summed E-state index contributed by atoms with van der Waals surface area (Å²) in [5.74, 6) is 0. The summed E-state index contributed by atoms with van der Waals surface area (Å²) in [6.07, 6.45) is -3.71. The van der Waals surface area contributed by atoms with E-state index in [0.29, 0.717) is 13.0 Å². The van der Waals surface area contributed by atoms with Crippen molar-refractivity contribution in [2.45, 2.75) is 19.1 Å². The van der Waals surface area contributed by atoms with E-state index in [0.717, 1.165) is 17.7 Å². The van der Waals surface area contributed by atoms with Crippen LogP contribution < -0.4 is 5.73 Å². The van der Waals surface area contributed by atoms with Crippen LogP contribution in [-0.4, -0.2) is 18.5 Å². The highest BCUT2D eigenvalue weighted by Crippen LogP contribution is 2.36. The number of nitrogens with zero attached hydrogens (tertiary/aromatic N) is 1. The quantitative estimate of drug-likeness (QED) is 0.693. The molecule has 2 nitrogen and oxygen atoms in total. The van der Waals surface area contributed by atoms with Crippen molar-refractivity contribution in [1.82, 2.24) is 4.90 Å². The molecule has 0 aromatic heterocycles. The van der Waals surface area contributed by atoms with Crippen LogP contribution in [0.1, 0.15) is 16.7 Å². The molecule has 0 radical (unpaired) electrons. The Kier molecular flexibility index (Phi) is 2.58. The molecule has 0 unspecified atom stereocenters. The van der Waals surface area contributed by atoms with Gasteiger partial charge in [-0.3, -0.25) is 0 Å². The zero-order chi connectivity index (χ0) is 11.9. The number of anilines is 1. The Bertz CT molecular complexity index is 412. The highest BCUT2D eigenvalue weighted by Gasteiger charge is 2.34. The van der Waals surface area contributed by atoms with Crippen LogP contribution >= 0.6 is 0 Å². The van der Waals surface area contributed by atoms with Crippen molar-refractivity contribution in [3.63, 3.8) is 0 Å². The monoisotopic (exact) mass is 230 g/mol. The van der Waals surface area contributed by atoms with Gasteiger partial charge in [0.05, 0.1) is 5.56 Å². The Morgan fingerprint density at radius 3 is 2.56 bits per heavy atom. The van der Waals surface area contributed by atoms with Gasteiger partial charge in [0.1, 0.15) is 0 Å². The van der Waals surface area contributed by atoms with E-state index in [1.165, 1.54) is 12.1 Å². The average molecular weight is 230 g/mol. The molecule has 5 heteroatoms. The smallest absolute Gasteiger partial charge is 0.398 e. The van der Waals surface area contributed by atoms with Crippen LogP contribution in [0.25, 0.3) is 0 Å². The van der Waals surface area contributed by atoms with Crippen molar-refractivity contribution in [3.05, 3.63) is 28.8 Å². The van der Waals surface area contributed by atoms with E-state index in [1.807, 2.05) is 7.05 Å². The zero-order valence-corrected chi connectivity index (χ0v) is 8.93. The van der Waals surface area contributed by atoms with Crippen LogP contribution in [0.2, 0.25) is 0 Å². The molecule has 0 amide bonds. The second kappa shape index (κ2) is 3.66. The molecule has 1 aliphatic heterocycles. The van der Waals surface area contributed by atoms with E-state index in [4.69, 9.17) is 5.73 Å². The van der Waals surface area contributed by atoms with Crippen molar-refractivity contribution in [1.29, 1.82) is 0 Å². The first-order valence-corrected chi connectivity index (χ1v) is 5.05. The molecule has 0 spiro atoms. The number of fused-ring (bicyclic) bond motifs is 1. The summed E-state index contributed by atoms with van der Waals surface area (Å²) in [6.45, 7) is 1.45. The number of rotatable bonds is 0. The fraction of sp³-hybridized carbons (Fsp3) is 0.455.